The van der Waals surface area contributed by atoms with Crippen molar-refractivity contribution in [2.45, 2.75) is 31.7 Å². The molecular formula is C11H14N4. The van der Waals surface area contributed by atoms with Gasteiger partial charge < -0.3 is 5.32 Å². The highest BCUT2D eigenvalue weighted by atomic mass is 15.4. The Morgan fingerprint density at radius 3 is 2.93 bits per heavy atom. The molecule has 1 aliphatic rings. The van der Waals surface area contributed by atoms with Crippen molar-refractivity contribution in [3.8, 4) is 0 Å². The second-order valence-electron chi connectivity index (χ2n) is 4.48. The summed E-state index contributed by atoms with van der Waals surface area (Å²) in [7, 11) is 0. The Bertz CT molecular complexity index is 451. The fraction of sp³-hybridized carbons (Fsp3) is 0.455. The summed E-state index contributed by atoms with van der Waals surface area (Å²) >= 11 is 0. The second kappa shape index (κ2) is 2.95. The molecule has 0 aromatic carbocycles. The summed E-state index contributed by atoms with van der Waals surface area (Å²) in [5.41, 5.74) is 1.10. The van der Waals surface area contributed by atoms with Crippen molar-refractivity contribution < 1.29 is 0 Å². The van der Waals surface area contributed by atoms with Crippen LogP contribution in [0.5, 0.6) is 0 Å². The molecule has 0 spiro atoms. The number of hydrogen-bond acceptors (Lipinski definition) is 3. The summed E-state index contributed by atoms with van der Waals surface area (Å²) in [6.45, 7) is 2.22. The van der Waals surface area contributed by atoms with Crippen LogP contribution in [0.25, 0.3) is 5.65 Å². The van der Waals surface area contributed by atoms with E-state index in [9.17, 15) is 0 Å². The van der Waals surface area contributed by atoms with Crippen LogP contribution >= 0.6 is 0 Å². The minimum Gasteiger partial charge on any atom is -0.348 e. The number of pyridine rings is 1. The summed E-state index contributed by atoms with van der Waals surface area (Å²) in [4.78, 5) is 4.42. The Hall–Kier alpha value is -1.58. The molecule has 1 aliphatic carbocycles. The zero-order valence-electron chi connectivity index (χ0n) is 8.77. The van der Waals surface area contributed by atoms with Gasteiger partial charge in [-0.05, 0) is 38.3 Å². The van der Waals surface area contributed by atoms with Crippen LogP contribution in [0.15, 0.2) is 24.4 Å². The third kappa shape index (κ3) is 1.46. The average molecular weight is 202 g/mol. The highest BCUT2D eigenvalue weighted by Gasteiger charge is 2.32. The number of aromatic nitrogens is 3. The van der Waals surface area contributed by atoms with E-state index in [1.54, 1.807) is 4.52 Å². The molecule has 2 aromatic heterocycles. The Balaban J connectivity index is 1.91. The van der Waals surface area contributed by atoms with Crippen LogP contribution in [0.4, 0.5) is 5.95 Å². The van der Waals surface area contributed by atoms with Crippen molar-refractivity contribution in [2.75, 3.05) is 5.32 Å². The molecule has 2 heterocycles. The number of hydrogen-bond donors (Lipinski definition) is 1. The average Bonchev–Trinajstić information content (AvgIpc) is 2.57. The molecule has 4 heteroatoms. The maximum absolute atomic E-state index is 4.42. The number of rotatable bonds is 2. The number of nitrogens with zero attached hydrogens (tertiary/aromatic N) is 3. The third-order valence-corrected chi connectivity index (χ3v) is 3.11. The molecule has 0 saturated heterocycles. The largest absolute Gasteiger partial charge is 0.348 e. The first-order valence-corrected chi connectivity index (χ1v) is 5.35. The third-order valence-electron chi connectivity index (χ3n) is 3.11. The molecule has 0 amide bonds. The van der Waals surface area contributed by atoms with Crippen LogP contribution < -0.4 is 5.32 Å². The van der Waals surface area contributed by atoms with E-state index in [1.165, 1.54) is 19.3 Å². The normalized spacial score (nSPS) is 18.7. The first kappa shape index (κ1) is 8.71. The molecule has 2 aromatic rings. The van der Waals surface area contributed by atoms with E-state index in [1.807, 2.05) is 24.4 Å². The molecule has 1 saturated carbocycles. The summed E-state index contributed by atoms with van der Waals surface area (Å²) in [5.74, 6) is 0.739. The van der Waals surface area contributed by atoms with E-state index >= 15 is 0 Å². The van der Waals surface area contributed by atoms with E-state index in [0.29, 0.717) is 0 Å². The monoisotopic (exact) mass is 202 g/mol. The van der Waals surface area contributed by atoms with Crippen molar-refractivity contribution in [1.82, 2.24) is 14.6 Å². The summed E-state index contributed by atoms with van der Waals surface area (Å²) in [6, 6.07) is 5.89. The van der Waals surface area contributed by atoms with Crippen molar-refractivity contribution in [1.29, 1.82) is 0 Å². The van der Waals surface area contributed by atoms with E-state index < -0.39 is 0 Å². The molecular weight excluding hydrogens is 188 g/mol. The Labute approximate surface area is 88.3 Å². The molecule has 1 fully saturated rings. The fourth-order valence-corrected chi connectivity index (χ4v) is 1.99. The van der Waals surface area contributed by atoms with Gasteiger partial charge in [0.15, 0.2) is 5.65 Å². The lowest BCUT2D eigenvalue weighted by atomic mass is 9.79. The number of nitrogens with one attached hydrogen (secondary N) is 1. The zero-order valence-corrected chi connectivity index (χ0v) is 8.77. The SMILES string of the molecule is CC1(Nc2nc3ccccn3n2)CCC1. The van der Waals surface area contributed by atoms with Gasteiger partial charge in [-0.1, -0.05) is 6.07 Å². The highest BCUT2D eigenvalue weighted by molar-refractivity contribution is 5.44. The molecule has 0 atom stereocenters. The van der Waals surface area contributed by atoms with Gasteiger partial charge >= 0.3 is 0 Å². The lowest BCUT2D eigenvalue weighted by molar-refractivity contribution is 0.305. The molecule has 3 rings (SSSR count). The van der Waals surface area contributed by atoms with Crippen LogP contribution in [0.2, 0.25) is 0 Å². The predicted molar refractivity (Wildman–Crippen MR) is 58.9 cm³/mol. The summed E-state index contributed by atoms with van der Waals surface area (Å²) in [6.07, 6.45) is 5.64. The van der Waals surface area contributed by atoms with Gasteiger partial charge in [-0.2, -0.15) is 4.98 Å². The minimum atomic E-state index is 0.213. The van der Waals surface area contributed by atoms with Gasteiger partial charge in [0.1, 0.15) is 0 Å². The maximum Gasteiger partial charge on any atom is 0.243 e. The van der Waals surface area contributed by atoms with Crippen LogP contribution in [0.3, 0.4) is 0 Å². The zero-order chi connectivity index (χ0) is 10.3. The highest BCUT2D eigenvalue weighted by Crippen LogP contribution is 2.33. The maximum atomic E-state index is 4.42. The van der Waals surface area contributed by atoms with Gasteiger partial charge in [0, 0.05) is 11.7 Å². The summed E-state index contributed by atoms with van der Waals surface area (Å²) < 4.78 is 1.80. The molecule has 1 N–H and O–H groups in total. The first-order valence-electron chi connectivity index (χ1n) is 5.35. The minimum absolute atomic E-state index is 0.213. The van der Waals surface area contributed by atoms with E-state index in [-0.39, 0.29) is 5.54 Å². The predicted octanol–water partition coefficient (Wildman–Crippen LogP) is 2.08. The van der Waals surface area contributed by atoms with Gasteiger partial charge in [-0.3, -0.25) is 0 Å². The Morgan fingerprint density at radius 1 is 1.40 bits per heavy atom. The van der Waals surface area contributed by atoms with Crippen molar-refractivity contribution in [3.05, 3.63) is 24.4 Å². The quantitative estimate of drug-likeness (QED) is 0.810. The van der Waals surface area contributed by atoms with Gasteiger partial charge in [0.25, 0.3) is 0 Å². The van der Waals surface area contributed by atoms with Gasteiger partial charge in [-0.15, -0.1) is 5.10 Å². The topological polar surface area (TPSA) is 42.2 Å². The number of anilines is 1. The van der Waals surface area contributed by atoms with E-state index in [4.69, 9.17) is 0 Å². The van der Waals surface area contributed by atoms with Gasteiger partial charge in [0.05, 0.1) is 0 Å². The fourth-order valence-electron chi connectivity index (χ4n) is 1.99. The van der Waals surface area contributed by atoms with Crippen molar-refractivity contribution in [3.63, 3.8) is 0 Å². The molecule has 15 heavy (non-hydrogen) atoms. The lowest BCUT2D eigenvalue weighted by Gasteiger charge is -2.38. The van der Waals surface area contributed by atoms with Crippen LogP contribution in [-0.2, 0) is 0 Å². The van der Waals surface area contributed by atoms with Gasteiger partial charge in [-0.25, -0.2) is 4.52 Å². The molecule has 0 unspecified atom stereocenters. The summed E-state index contributed by atoms with van der Waals surface area (Å²) in [5, 5.41) is 7.78. The smallest absolute Gasteiger partial charge is 0.243 e. The van der Waals surface area contributed by atoms with Crippen molar-refractivity contribution >= 4 is 11.6 Å². The second-order valence-corrected chi connectivity index (χ2v) is 4.48. The van der Waals surface area contributed by atoms with Crippen LogP contribution in [0, 0.1) is 0 Å². The molecule has 78 valence electrons. The molecule has 0 aliphatic heterocycles. The first-order chi connectivity index (χ1) is 7.25. The Morgan fingerprint density at radius 2 is 2.27 bits per heavy atom. The van der Waals surface area contributed by atoms with Gasteiger partial charge in [0.2, 0.25) is 5.95 Å². The van der Waals surface area contributed by atoms with Crippen LogP contribution in [-0.4, -0.2) is 20.1 Å². The van der Waals surface area contributed by atoms with Crippen LogP contribution in [0.1, 0.15) is 26.2 Å². The number of fused-ring (bicyclic) bond motifs is 1. The molecule has 0 bridgehead atoms. The molecule has 4 nitrogen and oxygen atoms in total. The Kier molecular flexibility index (Phi) is 1.71. The van der Waals surface area contributed by atoms with Crippen molar-refractivity contribution in [2.24, 2.45) is 0 Å². The van der Waals surface area contributed by atoms with E-state index in [2.05, 4.69) is 22.3 Å². The van der Waals surface area contributed by atoms with E-state index in [0.717, 1.165) is 11.6 Å². The molecule has 0 radical (unpaired) electrons. The standard InChI is InChI=1S/C11H14N4/c1-11(6-4-7-11)13-10-12-9-5-2-3-8-15(9)14-10/h2-3,5,8H,4,6-7H2,1H3,(H,13,14). The lowest BCUT2D eigenvalue weighted by Crippen LogP contribution is -2.41.